The van der Waals surface area contributed by atoms with E-state index >= 15 is 0 Å². The molecule has 1 heterocycles. The molecule has 0 aromatic carbocycles. The predicted octanol–water partition coefficient (Wildman–Crippen LogP) is 2.39. The first-order chi connectivity index (χ1) is 7.13. The fourth-order valence-electron chi connectivity index (χ4n) is 1.24. The zero-order valence-electron chi connectivity index (χ0n) is 9.91. The average Bonchev–Trinajstić information content (AvgIpc) is 2.63. The molecule has 0 aliphatic carbocycles. The molecule has 1 rings (SSSR count). The number of aromatic nitrogens is 1. The van der Waals surface area contributed by atoms with Crippen LogP contribution in [0.4, 0.5) is 0 Å². The number of nitrogens with one attached hydrogen (secondary N) is 1. The highest BCUT2D eigenvalue weighted by molar-refractivity contribution is 7.11. The molecule has 1 aromatic heterocycles. The quantitative estimate of drug-likeness (QED) is 0.812. The molecule has 0 saturated carbocycles. The van der Waals surface area contributed by atoms with Crippen LogP contribution in [0.15, 0.2) is 6.20 Å². The first kappa shape index (κ1) is 12.6. The molecule has 0 spiro atoms. The average molecular weight is 228 g/mol. The summed E-state index contributed by atoms with van der Waals surface area (Å²) in [4.78, 5) is 5.74. The van der Waals surface area contributed by atoms with Crippen LogP contribution in [0.2, 0.25) is 0 Å². The molecule has 15 heavy (non-hydrogen) atoms. The molecule has 1 unspecified atom stereocenters. The summed E-state index contributed by atoms with van der Waals surface area (Å²) in [6, 6.07) is 0.376. The van der Waals surface area contributed by atoms with Crippen LogP contribution in [-0.2, 0) is 11.3 Å². The third-order valence-corrected chi connectivity index (χ3v) is 3.46. The molecular weight excluding hydrogens is 208 g/mol. The van der Waals surface area contributed by atoms with Crippen LogP contribution in [0.3, 0.4) is 0 Å². The van der Waals surface area contributed by atoms with Gasteiger partial charge in [-0.2, -0.15) is 0 Å². The van der Waals surface area contributed by atoms with Crippen molar-refractivity contribution in [1.82, 2.24) is 10.3 Å². The second-order valence-electron chi connectivity index (χ2n) is 4.05. The van der Waals surface area contributed by atoms with E-state index in [9.17, 15) is 0 Å². The van der Waals surface area contributed by atoms with Gasteiger partial charge in [0.1, 0.15) is 5.01 Å². The lowest BCUT2D eigenvalue weighted by molar-refractivity contribution is 0.171. The van der Waals surface area contributed by atoms with Gasteiger partial charge in [0, 0.05) is 30.8 Å². The Kier molecular flexibility index (Phi) is 5.22. The second kappa shape index (κ2) is 6.20. The Hall–Kier alpha value is -0.450. The van der Waals surface area contributed by atoms with Crippen molar-refractivity contribution in [3.8, 4) is 0 Å². The standard InChI is InChI=1S/C11H20N2OS/c1-8(2)10-5-13-11(15-10)6-12-9(3)7-14-4/h5,8-9,12H,6-7H2,1-4H3. The zero-order valence-corrected chi connectivity index (χ0v) is 10.7. The van der Waals surface area contributed by atoms with E-state index in [2.05, 4.69) is 31.1 Å². The van der Waals surface area contributed by atoms with Gasteiger partial charge in [-0.25, -0.2) is 4.98 Å². The number of nitrogens with zero attached hydrogens (tertiary/aromatic N) is 1. The molecule has 0 aliphatic heterocycles. The second-order valence-corrected chi connectivity index (χ2v) is 5.20. The van der Waals surface area contributed by atoms with E-state index in [1.807, 2.05) is 6.20 Å². The Morgan fingerprint density at radius 2 is 2.20 bits per heavy atom. The zero-order chi connectivity index (χ0) is 11.3. The minimum atomic E-state index is 0.376. The van der Waals surface area contributed by atoms with Crippen LogP contribution in [0.1, 0.15) is 36.6 Å². The maximum Gasteiger partial charge on any atom is 0.107 e. The van der Waals surface area contributed by atoms with Crippen LogP contribution < -0.4 is 5.32 Å². The Labute approximate surface area is 95.9 Å². The Morgan fingerprint density at radius 3 is 2.73 bits per heavy atom. The molecule has 0 aliphatic rings. The Morgan fingerprint density at radius 1 is 1.47 bits per heavy atom. The van der Waals surface area contributed by atoms with E-state index in [1.54, 1.807) is 18.4 Å². The van der Waals surface area contributed by atoms with Crippen LogP contribution >= 0.6 is 11.3 Å². The predicted molar refractivity (Wildman–Crippen MR) is 64.4 cm³/mol. The third kappa shape index (κ3) is 4.28. The van der Waals surface area contributed by atoms with Crippen molar-refractivity contribution in [2.45, 2.75) is 39.3 Å². The molecule has 0 amide bonds. The first-order valence-corrected chi connectivity index (χ1v) is 6.12. The number of hydrogen-bond acceptors (Lipinski definition) is 4. The van der Waals surface area contributed by atoms with Crippen molar-refractivity contribution in [2.24, 2.45) is 0 Å². The van der Waals surface area contributed by atoms with Gasteiger partial charge in [0.25, 0.3) is 0 Å². The van der Waals surface area contributed by atoms with Crippen molar-refractivity contribution >= 4 is 11.3 Å². The van der Waals surface area contributed by atoms with Crippen LogP contribution in [0, 0.1) is 0 Å². The lowest BCUT2D eigenvalue weighted by atomic mass is 10.2. The SMILES string of the molecule is COCC(C)NCc1ncc(C(C)C)s1. The summed E-state index contributed by atoms with van der Waals surface area (Å²) < 4.78 is 5.06. The largest absolute Gasteiger partial charge is 0.383 e. The maximum atomic E-state index is 5.06. The van der Waals surface area contributed by atoms with E-state index in [-0.39, 0.29) is 0 Å². The van der Waals surface area contributed by atoms with Gasteiger partial charge in [0.05, 0.1) is 6.61 Å². The summed E-state index contributed by atoms with van der Waals surface area (Å²) in [7, 11) is 1.72. The van der Waals surface area contributed by atoms with Crippen LogP contribution in [0.5, 0.6) is 0 Å². The van der Waals surface area contributed by atoms with E-state index in [0.29, 0.717) is 12.0 Å². The number of hydrogen-bond donors (Lipinski definition) is 1. The van der Waals surface area contributed by atoms with Crippen molar-refractivity contribution in [3.05, 3.63) is 16.1 Å². The van der Waals surface area contributed by atoms with Crippen LogP contribution in [-0.4, -0.2) is 24.7 Å². The Bertz CT molecular complexity index is 286. The normalized spacial score (nSPS) is 13.4. The molecule has 0 fully saturated rings. The van der Waals surface area contributed by atoms with Crippen LogP contribution in [0.25, 0.3) is 0 Å². The maximum absolute atomic E-state index is 5.06. The fraction of sp³-hybridized carbons (Fsp3) is 0.727. The highest BCUT2D eigenvalue weighted by atomic mass is 32.1. The highest BCUT2D eigenvalue weighted by Crippen LogP contribution is 2.21. The summed E-state index contributed by atoms with van der Waals surface area (Å²) in [6.45, 7) is 8.07. The molecule has 0 bridgehead atoms. The third-order valence-electron chi connectivity index (χ3n) is 2.16. The van der Waals surface area contributed by atoms with Gasteiger partial charge in [0.15, 0.2) is 0 Å². The van der Waals surface area contributed by atoms with E-state index < -0.39 is 0 Å². The van der Waals surface area contributed by atoms with Gasteiger partial charge in [-0.05, 0) is 12.8 Å². The summed E-state index contributed by atoms with van der Waals surface area (Å²) in [5.74, 6) is 0.577. The summed E-state index contributed by atoms with van der Waals surface area (Å²) in [5.41, 5.74) is 0. The number of methoxy groups -OCH3 is 1. The molecule has 86 valence electrons. The van der Waals surface area contributed by atoms with Crippen molar-refractivity contribution < 1.29 is 4.74 Å². The molecule has 0 radical (unpaired) electrons. The van der Waals surface area contributed by atoms with E-state index in [1.165, 1.54) is 4.88 Å². The molecule has 3 nitrogen and oxygen atoms in total. The van der Waals surface area contributed by atoms with E-state index in [4.69, 9.17) is 4.74 Å². The van der Waals surface area contributed by atoms with Gasteiger partial charge in [-0.3, -0.25) is 0 Å². The number of ether oxygens (including phenoxy) is 1. The fourth-order valence-corrected chi connectivity index (χ4v) is 2.12. The molecule has 1 N–H and O–H groups in total. The molecule has 1 atom stereocenters. The number of rotatable bonds is 6. The lowest BCUT2D eigenvalue weighted by Crippen LogP contribution is -2.29. The van der Waals surface area contributed by atoms with Crippen molar-refractivity contribution in [1.29, 1.82) is 0 Å². The molecule has 4 heteroatoms. The molecule has 1 aromatic rings. The summed E-state index contributed by atoms with van der Waals surface area (Å²) in [6.07, 6.45) is 1.98. The summed E-state index contributed by atoms with van der Waals surface area (Å²) in [5, 5.41) is 4.53. The van der Waals surface area contributed by atoms with Gasteiger partial charge < -0.3 is 10.1 Å². The minimum absolute atomic E-state index is 0.376. The van der Waals surface area contributed by atoms with Crippen molar-refractivity contribution in [3.63, 3.8) is 0 Å². The lowest BCUT2D eigenvalue weighted by Gasteiger charge is -2.10. The number of thiazole rings is 1. The minimum Gasteiger partial charge on any atom is -0.383 e. The van der Waals surface area contributed by atoms with Gasteiger partial charge in [-0.15, -0.1) is 11.3 Å². The monoisotopic (exact) mass is 228 g/mol. The highest BCUT2D eigenvalue weighted by Gasteiger charge is 2.06. The topological polar surface area (TPSA) is 34.1 Å². The van der Waals surface area contributed by atoms with Gasteiger partial charge >= 0.3 is 0 Å². The summed E-state index contributed by atoms with van der Waals surface area (Å²) >= 11 is 1.79. The van der Waals surface area contributed by atoms with E-state index in [0.717, 1.165) is 18.2 Å². The van der Waals surface area contributed by atoms with Gasteiger partial charge in [-0.1, -0.05) is 13.8 Å². The Balaban J connectivity index is 2.37. The van der Waals surface area contributed by atoms with Crippen molar-refractivity contribution in [2.75, 3.05) is 13.7 Å². The first-order valence-electron chi connectivity index (χ1n) is 5.30. The van der Waals surface area contributed by atoms with Gasteiger partial charge in [0.2, 0.25) is 0 Å². The molecule has 0 saturated heterocycles. The molecular formula is C11H20N2OS. The smallest absolute Gasteiger partial charge is 0.107 e.